The van der Waals surface area contributed by atoms with Gasteiger partial charge in [-0.15, -0.1) is 0 Å². The molecule has 1 aliphatic rings. The highest BCUT2D eigenvalue weighted by atomic mass is 32.1. The van der Waals surface area contributed by atoms with Crippen LogP contribution in [0.4, 0.5) is 4.39 Å². The van der Waals surface area contributed by atoms with E-state index in [1.165, 1.54) is 13.2 Å². The number of methoxy groups -OCH3 is 1. The molecule has 2 unspecified atom stereocenters. The van der Waals surface area contributed by atoms with Gasteiger partial charge in [0.05, 0.1) is 34.7 Å². The molecule has 0 saturated carbocycles. The molecule has 0 spiro atoms. The number of nitrogens with one attached hydrogen (secondary N) is 1. The summed E-state index contributed by atoms with van der Waals surface area (Å²) in [4.78, 5) is 0.447. The summed E-state index contributed by atoms with van der Waals surface area (Å²) >= 11 is 5.54. The molecule has 6 heteroatoms. The Morgan fingerprint density at radius 2 is 2.13 bits per heavy atom. The average molecular weight is 334 g/mol. The minimum atomic E-state index is -1.02. The molecule has 0 aliphatic carbocycles. The van der Waals surface area contributed by atoms with Crippen LogP contribution in [0.25, 0.3) is 0 Å². The Morgan fingerprint density at radius 1 is 1.43 bits per heavy atom. The molecule has 2 atom stereocenters. The maximum atomic E-state index is 14.5. The molecule has 0 aromatic heterocycles. The van der Waals surface area contributed by atoms with Gasteiger partial charge in [-0.05, 0) is 25.5 Å². The summed E-state index contributed by atoms with van der Waals surface area (Å²) in [5.41, 5.74) is 0.627. The number of benzene rings is 1. The Bertz CT molecular complexity index is 683. The van der Waals surface area contributed by atoms with E-state index < -0.39 is 5.41 Å². The summed E-state index contributed by atoms with van der Waals surface area (Å²) in [6.45, 7) is 3.82. The number of nitrogens with zero attached hydrogens (tertiary/aromatic N) is 1. The summed E-state index contributed by atoms with van der Waals surface area (Å²) in [7, 11) is 1.51. The summed E-state index contributed by atoms with van der Waals surface area (Å²) in [6.07, 6.45) is 0. The predicted molar refractivity (Wildman–Crippen MR) is 89.4 cm³/mol. The van der Waals surface area contributed by atoms with Crippen LogP contribution in [0.2, 0.25) is 0 Å². The fraction of sp³-hybridized carbons (Fsp3) is 0.412. The maximum absolute atomic E-state index is 14.5. The van der Waals surface area contributed by atoms with Crippen molar-refractivity contribution in [2.24, 2.45) is 0 Å². The van der Waals surface area contributed by atoms with E-state index in [2.05, 4.69) is 11.4 Å². The van der Waals surface area contributed by atoms with Crippen LogP contribution in [0.3, 0.4) is 0 Å². The third kappa shape index (κ3) is 3.00. The summed E-state index contributed by atoms with van der Waals surface area (Å²) in [5.74, 6) is -0.385. The Hall–Kier alpha value is -1.81. The normalized spacial score (nSPS) is 24.3. The third-order valence-corrected chi connectivity index (χ3v) is 4.65. The molecule has 0 fully saturated rings. The van der Waals surface area contributed by atoms with Crippen LogP contribution < -0.4 is 5.32 Å². The topological polar surface area (TPSA) is 54.3 Å². The van der Waals surface area contributed by atoms with Gasteiger partial charge in [0.15, 0.2) is 0 Å². The molecule has 122 valence electrons. The molecule has 4 nitrogen and oxygen atoms in total. The van der Waals surface area contributed by atoms with Crippen molar-refractivity contribution in [3.05, 3.63) is 46.8 Å². The standard InChI is InChI=1S/C17H19FN2O2S/c1-11-13(8-19)12(2)20-16(23)17(11,9-22-10-21-3)14-6-4-5-7-15(14)18/h4-7,12H,9-10H2,1-3H3,(H,20,23). The highest BCUT2D eigenvalue weighted by Crippen LogP contribution is 2.40. The number of hydrogen-bond acceptors (Lipinski definition) is 4. The zero-order valence-electron chi connectivity index (χ0n) is 13.4. The quantitative estimate of drug-likeness (QED) is 0.510. The third-order valence-electron chi connectivity index (χ3n) is 4.19. The number of halogens is 1. The van der Waals surface area contributed by atoms with Gasteiger partial charge in [0.2, 0.25) is 0 Å². The highest BCUT2D eigenvalue weighted by molar-refractivity contribution is 7.80. The fourth-order valence-corrected chi connectivity index (χ4v) is 3.46. The van der Waals surface area contributed by atoms with Gasteiger partial charge in [0.1, 0.15) is 12.6 Å². The number of rotatable bonds is 5. The Morgan fingerprint density at radius 3 is 2.74 bits per heavy atom. The first-order valence-corrected chi connectivity index (χ1v) is 7.63. The second kappa shape index (κ2) is 7.18. The van der Waals surface area contributed by atoms with Gasteiger partial charge in [-0.3, -0.25) is 0 Å². The predicted octanol–water partition coefficient (Wildman–Crippen LogP) is 2.84. The van der Waals surface area contributed by atoms with Crippen molar-refractivity contribution in [3.8, 4) is 6.07 Å². The van der Waals surface area contributed by atoms with Crippen molar-refractivity contribution in [2.45, 2.75) is 25.3 Å². The molecule has 1 aliphatic heterocycles. The van der Waals surface area contributed by atoms with Gasteiger partial charge in [0.25, 0.3) is 0 Å². The lowest BCUT2D eigenvalue weighted by Crippen LogP contribution is -2.55. The molecular formula is C17H19FN2O2S. The first-order chi connectivity index (χ1) is 11.0. The van der Waals surface area contributed by atoms with Crippen molar-refractivity contribution < 1.29 is 13.9 Å². The molecule has 23 heavy (non-hydrogen) atoms. The minimum Gasteiger partial charge on any atom is -0.371 e. The number of nitriles is 1. The van der Waals surface area contributed by atoms with Crippen molar-refractivity contribution >= 4 is 17.2 Å². The lowest BCUT2D eigenvalue weighted by Gasteiger charge is -2.42. The minimum absolute atomic E-state index is 0.0591. The smallest absolute Gasteiger partial charge is 0.146 e. The lowest BCUT2D eigenvalue weighted by molar-refractivity contribution is -0.0388. The average Bonchev–Trinajstić information content (AvgIpc) is 2.52. The zero-order chi connectivity index (χ0) is 17.0. The van der Waals surface area contributed by atoms with Crippen LogP contribution in [0.15, 0.2) is 35.4 Å². The number of thiocarbonyl (C=S) groups is 1. The van der Waals surface area contributed by atoms with Crippen LogP contribution in [-0.2, 0) is 14.9 Å². The molecule has 0 bridgehead atoms. The molecule has 2 rings (SSSR count). The van der Waals surface area contributed by atoms with Gasteiger partial charge in [-0.25, -0.2) is 4.39 Å². The van der Waals surface area contributed by atoms with Crippen LogP contribution in [0.5, 0.6) is 0 Å². The van der Waals surface area contributed by atoms with E-state index in [-0.39, 0.29) is 25.3 Å². The fourth-order valence-electron chi connectivity index (χ4n) is 2.96. The molecule has 1 heterocycles. The van der Waals surface area contributed by atoms with Crippen LogP contribution in [0, 0.1) is 17.1 Å². The Labute approximate surface area is 140 Å². The SMILES string of the molecule is COCOCC1(c2ccccc2F)C(=S)NC(C)C(C#N)=C1C. The Balaban J connectivity index is 2.67. The van der Waals surface area contributed by atoms with Gasteiger partial charge < -0.3 is 14.8 Å². The van der Waals surface area contributed by atoms with Crippen molar-refractivity contribution in [1.29, 1.82) is 5.26 Å². The first kappa shape index (κ1) is 17.5. The van der Waals surface area contributed by atoms with Crippen molar-refractivity contribution in [3.63, 3.8) is 0 Å². The second-order valence-corrected chi connectivity index (χ2v) is 5.89. The van der Waals surface area contributed by atoms with Crippen LogP contribution in [0.1, 0.15) is 19.4 Å². The summed E-state index contributed by atoms with van der Waals surface area (Å²) in [6, 6.07) is 8.42. The summed E-state index contributed by atoms with van der Waals surface area (Å²) in [5, 5.41) is 12.6. The number of ether oxygens (including phenoxy) is 2. The maximum Gasteiger partial charge on any atom is 0.146 e. The molecule has 1 aromatic carbocycles. The van der Waals surface area contributed by atoms with E-state index >= 15 is 0 Å². The molecular weight excluding hydrogens is 315 g/mol. The van der Waals surface area contributed by atoms with E-state index in [0.29, 0.717) is 21.7 Å². The van der Waals surface area contributed by atoms with Gasteiger partial charge in [0, 0.05) is 12.7 Å². The molecule has 0 amide bonds. The molecule has 1 aromatic rings. The van der Waals surface area contributed by atoms with Gasteiger partial charge in [-0.2, -0.15) is 5.26 Å². The van der Waals surface area contributed by atoms with Crippen molar-refractivity contribution in [1.82, 2.24) is 5.32 Å². The zero-order valence-corrected chi connectivity index (χ0v) is 14.2. The van der Waals surface area contributed by atoms with Crippen molar-refractivity contribution in [2.75, 3.05) is 20.5 Å². The second-order valence-electron chi connectivity index (χ2n) is 5.49. The van der Waals surface area contributed by atoms with E-state index in [1.807, 2.05) is 13.8 Å². The van der Waals surface area contributed by atoms with Crippen LogP contribution >= 0.6 is 12.2 Å². The Kier molecular flexibility index (Phi) is 5.47. The van der Waals surface area contributed by atoms with Crippen LogP contribution in [-0.4, -0.2) is 31.5 Å². The lowest BCUT2D eigenvalue weighted by atomic mass is 9.70. The van der Waals surface area contributed by atoms with E-state index in [0.717, 1.165) is 0 Å². The van der Waals surface area contributed by atoms with Gasteiger partial charge in [-0.1, -0.05) is 30.4 Å². The van der Waals surface area contributed by atoms with Gasteiger partial charge >= 0.3 is 0 Å². The van der Waals surface area contributed by atoms with E-state index in [4.69, 9.17) is 21.7 Å². The number of hydrogen-bond donors (Lipinski definition) is 1. The highest BCUT2D eigenvalue weighted by Gasteiger charge is 2.46. The molecule has 0 saturated heterocycles. The monoisotopic (exact) mass is 334 g/mol. The van der Waals surface area contributed by atoms with E-state index in [9.17, 15) is 9.65 Å². The summed E-state index contributed by atoms with van der Waals surface area (Å²) < 4.78 is 25.0. The largest absolute Gasteiger partial charge is 0.371 e. The molecule has 0 radical (unpaired) electrons. The van der Waals surface area contributed by atoms with E-state index in [1.54, 1.807) is 18.2 Å². The first-order valence-electron chi connectivity index (χ1n) is 7.23. The molecule has 1 N–H and O–H groups in total.